The van der Waals surface area contributed by atoms with Crippen LogP contribution in [0.25, 0.3) is 0 Å². The Morgan fingerprint density at radius 3 is 0.891 bits per heavy atom. The van der Waals surface area contributed by atoms with Gasteiger partial charge in [-0.25, -0.2) is 0 Å². The maximum atomic E-state index is 5.99. The zero-order chi connectivity index (χ0) is 44.1. The highest BCUT2D eigenvalue weighted by Gasteiger charge is 2.16. The molecule has 0 spiro atoms. The molecule has 0 aliphatic rings. The average molecular weight is 841 g/mol. The molecule has 0 bridgehead atoms. The van der Waals surface area contributed by atoms with Gasteiger partial charge in [0.2, 0.25) is 0 Å². The van der Waals surface area contributed by atoms with Gasteiger partial charge >= 0.3 is 0 Å². The fraction of sp³-hybridized carbons (Fsp3) is 0.200. The Hall–Kier alpha value is -6.72. The van der Waals surface area contributed by atoms with Crippen LogP contribution in [0.1, 0.15) is 55.6 Å². The molecule has 0 aliphatic carbocycles. The molecule has 0 aromatic heterocycles. The zero-order valence-electron chi connectivity index (χ0n) is 37.8. The highest BCUT2D eigenvalue weighted by molar-refractivity contribution is 5.78. The number of nitrogens with zero attached hydrogens (tertiary/aromatic N) is 2. The highest BCUT2D eigenvalue weighted by atomic mass is 16.5. The third-order valence-corrected chi connectivity index (χ3v) is 12.3. The van der Waals surface area contributed by atoms with E-state index in [-0.39, 0.29) is 0 Å². The van der Waals surface area contributed by atoms with Gasteiger partial charge < -0.3 is 19.3 Å². The van der Waals surface area contributed by atoms with Crippen LogP contribution in [0.4, 0.5) is 34.1 Å². The largest absolute Gasteiger partial charge is 0.376 e. The van der Waals surface area contributed by atoms with Gasteiger partial charge in [0.05, 0.1) is 26.4 Å². The van der Waals surface area contributed by atoms with Crippen molar-refractivity contribution in [3.8, 4) is 0 Å². The molecule has 0 heterocycles. The van der Waals surface area contributed by atoms with Gasteiger partial charge in [0.25, 0.3) is 0 Å². The second-order valence-corrected chi connectivity index (χ2v) is 17.0. The van der Waals surface area contributed by atoms with Gasteiger partial charge in [-0.2, -0.15) is 0 Å². The molecule has 0 fully saturated rings. The first-order valence-corrected chi connectivity index (χ1v) is 22.7. The Labute approximate surface area is 381 Å². The number of hydrogen-bond donors (Lipinski definition) is 0. The van der Waals surface area contributed by atoms with Gasteiger partial charge in [-0.1, -0.05) is 121 Å². The van der Waals surface area contributed by atoms with Gasteiger partial charge in [0, 0.05) is 34.1 Å². The van der Waals surface area contributed by atoms with Crippen LogP contribution in [-0.2, 0) is 48.4 Å². The van der Waals surface area contributed by atoms with Crippen LogP contribution >= 0.6 is 0 Å². The minimum Gasteiger partial charge on any atom is -0.376 e. The lowest BCUT2D eigenvalue weighted by atomic mass is 10.0. The van der Waals surface area contributed by atoms with Crippen molar-refractivity contribution in [3.63, 3.8) is 0 Å². The Morgan fingerprint density at radius 1 is 0.281 bits per heavy atom. The van der Waals surface area contributed by atoms with Crippen molar-refractivity contribution in [1.29, 1.82) is 0 Å². The third-order valence-electron chi connectivity index (χ3n) is 12.3. The summed E-state index contributed by atoms with van der Waals surface area (Å²) in [4.78, 5) is 4.72. The predicted octanol–water partition coefficient (Wildman–Crippen LogP) is 15.2. The molecule has 0 N–H and O–H groups in total. The van der Waals surface area contributed by atoms with E-state index in [1.165, 1.54) is 55.6 Å². The summed E-state index contributed by atoms with van der Waals surface area (Å²) in [5, 5.41) is 0. The Morgan fingerprint density at radius 2 is 0.578 bits per heavy atom. The van der Waals surface area contributed by atoms with Crippen LogP contribution < -0.4 is 9.80 Å². The molecule has 0 aliphatic heterocycles. The maximum absolute atomic E-state index is 5.99. The minimum absolute atomic E-state index is 0.637. The molecule has 4 nitrogen and oxygen atoms in total. The van der Waals surface area contributed by atoms with E-state index in [9.17, 15) is 0 Å². The standard InChI is InChI=1S/C60H60N2O2/c1-45-15-27-59(41-47(45)3)61(57-33-23-51(24-34-57)37-39-63-43-53-11-7-5-8-12-53)55-29-19-49(20-30-55)17-18-50-21-31-56(32-22-50)62(60-28-16-46(2)48(4)42-60)58-35-25-52(26-36-58)38-40-64-44-54-13-9-6-10-14-54/h5-16,19-36,41-42H,17-18,37-40,43-44H2,1-4H3. The van der Waals surface area contributed by atoms with Crippen molar-refractivity contribution in [2.24, 2.45) is 0 Å². The number of aryl methyl sites for hydroxylation is 6. The summed E-state index contributed by atoms with van der Waals surface area (Å²) in [6.45, 7) is 11.4. The first-order chi connectivity index (χ1) is 31.4. The summed E-state index contributed by atoms with van der Waals surface area (Å²) in [5.74, 6) is 0. The van der Waals surface area contributed by atoms with Crippen LogP contribution in [-0.4, -0.2) is 13.2 Å². The predicted molar refractivity (Wildman–Crippen MR) is 268 cm³/mol. The van der Waals surface area contributed by atoms with Gasteiger partial charge in [-0.3, -0.25) is 0 Å². The van der Waals surface area contributed by atoms with Crippen LogP contribution in [0.5, 0.6) is 0 Å². The molecule has 8 rings (SSSR count). The van der Waals surface area contributed by atoms with E-state index >= 15 is 0 Å². The van der Waals surface area contributed by atoms with Crippen LogP contribution in [0, 0.1) is 27.7 Å². The molecular formula is C60H60N2O2. The lowest BCUT2D eigenvalue weighted by Crippen LogP contribution is -2.11. The quantitative estimate of drug-likeness (QED) is 0.0757. The van der Waals surface area contributed by atoms with Gasteiger partial charge in [0.1, 0.15) is 0 Å². The SMILES string of the molecule is Cc1ccc(N(c2ccc(CCOCc3ccccc3)cc2)c2ccc(CCc3ccc(N(c4ccc(CCOCc5ccccc5)cc4)c4ccc(C)c(C)c4)cc3)cc2)cc1C. The fourth-order valence-electron chi connectivity index (χ4n) is 8.07. The van der Waals surface area contributed by atoms with Gasteiger partial charge in [0.15, 0.2) is 0 Å². The van der Waals surface area contributed by atoms with Crippen molar-refractivity contribution < 1.29 is 9.47 Å². The third kappa shape index (κ3) is 11.6. The summed E-state index contributed by atoms with van der Waals surface area (Å²) in [7, 11) is 0. The van der Waals surface area contributed by atoms with Gasteiger partial charge in [-0.15, -0.1) is 0 Å². The van der Waals surface area contributed by atoms with Crippen molar-refractivity contribution in [3.05, 3.63) is 250 Å². The first-order valence-electron chi connectivity index (χ1n) is 22.7. The summed E-state index contributed by atoms with van der Waals surface area (Å²) in [6.07, 6.45) is 3.67. The molecule has 322 valence electrons. The second kappa shape index (κ2) is 21.6. The van der Waals surface area contributed by atoms with E-state index in [0.717, 1.165) is 59.8 Å². The molecule has 4 heteroatoms. The summed E-state index contributed by atoms with van der Waals surface area (Å²) in [6, 6.07) is 70.3. The molecule has 64 heavy (non-hydrogen) atoms. The van der Waals surface area contributed by atoms with Crippen molar-refractivity contribution >= 4 is 34.1 Å². The molecule has 0 saturated heterocycles. The maximum Gasteiger partial charge on any atom is 0.0717 e. The number of anilines is 6. The van der Waals surface area contributed by atoms with Crippen LogP contribution in [0.2, 0.25) is 0 Å². The molecular weight excluding hydrogens is 781 g/mol. The van der Waals surface area contributed by atoms with Crippen molar-refractivity contribution in [2.75, 3.05) is 23.0 Å². The lowest BCUT2D eigenvalue weighted by molar-refractivity contribution is 0.124. The summed E-state index contributed by atoms with van der Waals surface area (Å²) < 4.78 is 12.0. The van der Waals surface area contributed by atoms with Crippen LogP contribution in [0.15, 0.2) is 194 Å². The van der Waals surface area contributed by atoms with E-state index in [4.69, 9.17) is 9.47 Å². The Balaban J connectivity index is 0.923. The van der Waals surface area contributed by atoms with Gasteiger partial charge in [-0.05, 0) is 182 Å². The van der Waals surface area contributed by atoms with E-state index in [1.54, 1.807) is 0 Å². The molecule has 8 aromatic carbocycles. The monoisotopic (exact) mass is 840 g/mol. The summed E-state index contributed by atoms with van der Waals surface area (Å²) >= 11 is 0. The molecule has 0 radical (unpaired) electrons. The highest BCUT2D eigenvalue weighted by Crippen LogP contribution is 2.37. The number of benzene rings is 8. The zero-order valence-corrected chi connectivity index (χ0v) is 37.8. The second-order valence-electron chi connectivity index (χ2n) is 17.0. The molecule has 0 unspecified atom stereocenters. The van der Waals surface area contributed by atoms with Crippen LogP contribution in [0.3, 0.4) is 0 Å². The minimum atomic E-state index is 0.637. The van der Waals surface area contributed by atoms with E-state index in [2.05, 4.69) is 219 Å². The normalized spacial score (nSPS) is 11.1. The molecule has 0 atom stereocenters. The Bertz CT molecular complexity index is 2490. The topological polar surface area (TPSA) is 24.9 Å². The van der Waals surface area contributed by atoms with E-state index < -0.39 is 0 Å². The number of rotatable bonds is 19. The summed E-state index contributed by atoms with van der Waals surface area (Å²) in [5.41, 5.74) is 19.6. The lowest BCUT2D eigenvalue weighted by Gasteiger charge is -2.27. The number of hydrogen-bond acceptors (Lipinski definition) is 4. The van der Waals surface area contributed by atoms with Crippen molar-refractivity contribution in [1.82, 2.24) is 0 Å². The smallest absolute Gasteiger partial charge is 0.0717 e. The van der Waals surface area contributed by atoms with Crippen molar-refractivity contribution in [2.45, 2.75) is 66.6 Å². The molecule has 0 saturated carbocycles. The fourth-order valence-corrected chi connectivity index (χ4v) is 8.07. The number of ether oxygens (including phenoxy) is 2. The first kappa shape index (κ1) is 43.9. The Kier molecular flexibility index (Phi) is 14.8. The molecule has 0 amide bonds. The average Bonchev–Trinajstić information content (AvgIpc) is 3.33. The molecule has 8 aromatic rings. The van der Waals surface area contributed by atoms with E-state index in [0.29, 0.717) is 26.4 Å². The van der Waals surface area contributed by atoms with E-state index in [1.807, 2.05) is 12.1 Å².